The number of hydrogen-bond donors (Lipinski definition) is 2. The Kier molecular flexibility index (Phi) is 9.02. The molecule has 2 N–H and O–H groups in total. The van der Waals surface area contributed by atoms with E-state index in [1.807, 2.05) is 50.2 Å². The number of aryl methyl sites for hydroxylation is 2. The van der Waals surface area contributed by atoms with Gasteiger partial charge in [-0.3, -0.25) is 14.5 Å². The third kappa shape index (κ3) is 6.86. The Labute approximate surface area is 228 Å². The highest BCUT2D eigenvalue weighted by Gasteiger charge is 2.31. The van der Waals surface area contributed by atoms with Gasteiger partial charge in [-0.2, -0.15) is 0 Å². The van der Waals surface area contributed by atoms with Crippen molar-refractivity contribution in [3.8, 4) is 0 Å². The molecule has 0 bridgehead atoms. The van der Waals surface area contributed by atoms with Crippen molar-refractivity contribution in [2.45, 2.75) is 58.5 Å². The second-order valence-corrected chi connectivity index (χ2v) is 9.96. The third-order valence-corrected chi connectivity index (χ3v) is 6.97. The van der Waals surface area contributed by atoms with E-state index >= 15 is 0 Å². The number of amides is 2. The topological polar surface area (TPSA) is 118 Å². The summed E-state index contributed by atoms with van der Waals surface area (Å²) in [5.41, 5.74) is 12.4. The fourth-order valence-electron chi connectivity index (χ4n) is 4.77. The lowest BCUT2D eigenvalue weighted by Gasteiger charge is -2.29. The minimum absolute atomic E-state index is 0.0209. The number of aliphatic hydroxyl groups is 1. The molecule has 1 saturated carbocycles. The molecular formula is C31H33N5O3. The summed E-state index contributed by atoms with van der Waals surface area (Å²) in [4.78, 5) is 32.2. The maximum atomic E-state index is 14.2. The van der Waals surface area contributed by atoms with Crippen molar-refractivity contribution in [2.75, 3.05) is 0 Å². The van der Waals surface area contributed by atoms with Crippen LogP contribution in [-0.4, -0.2) is 27.9 Å². The summed E-state index contributed by atoms with van der Waals surface area (Å²) >= 11 is 0. The van der Waals surface area contributed by atoms with Crippen LogP contribution in [0.25, 0.3) is 16.2 Å². The average Bonchev–Trinajstić information content (AvgIpc) is 2.95. The number of aliphatic hydroxyl groups excluding tert-OH is 1. The van der Waals surface area contributed by atoms with Crippen molar-refractivity contribution in [1.82, 2.24) is 10.2 Å². The number of carbonyl (C=O) groups is 2. The Morgan fingerprint density at radius 1 is 0.949 bits per heavy atom. The quantitative estimate of drug-likeness (QED) is 0.106. The van der Waals surface area contributed by atoms with E-state index in [1.54, 1.807) is 36.4 Å². The summed E-state index contributed by atoms with van der Waals surface area (Å²) < 4.78 is 0. The lowest BCUT2D eigenvalue weighted by atomic mass is 9.95. The van der Waals surface area contributed by atoms with Gasteiger partial charge >= 0.3 is 0 Å². The van der Waals surface area contributed by atoms with Gasteiger partial charge in [-0.1, -0.05) is 102 Å². The van der Waals surface area contributed by atoms with Crippen LogP contribution in [0.1, 0.15) is 64.7 Å². The average molecular weight is 524 g/mol. The highest BCUT2D eigenvalue weighted by molar-refractivity contribution is 6.08. The smallest absolute Gasteiger partial charge is 0.272 e. The van der Waals surface area contributed by atoms with E-state index in [1.165, 1.54) is 4.90 Å². The molecule has 0 aliphatic heterocycles. The number of azide groups is 1. The molecule has 0 radical (unpaired) electrons. The van der Waals surface area contributed by atoms with E-state index in [9.17, 15) is 14.7 Å². The SMILES string of the molecule is Cc1ccc(CN(C(=O)c2ccccc2N=[N+]=[N-])/C(C(=O)NC2CCCCC2)=C(/O)c2ccc(C)cc2)cc1. The van der Waals surface area contributed by atoms with Gasteiger partial charge in [0.15, 0.2) is 11.5 Å². The van der Waals surface area contributed by atoms with Gasteiger partial charge < -0.3 is 10.4 Å². The van der Waals surface area contributed by atoms with Gasteiger partial charge in [0.25, 0.3) is 11.8 Å². The second kappa shape index (κ2) is 12.8. The number of hydrogen-bond acceptors (Lipinski definition) is 4. The van der Waals surface area contributed by atoms with Crippen LogP contribution in [0.3, 0.4) is 0 Å². The molecule has 4 rings (SSSR count). The van der Waals surface area contributed by atoms with E-state index in [2.05, 4.69) is 15.3 Å². The van der Waals surface area contributed by atoms with Gasteiger partial charge in [-0.25, -0.2) is 0 Å². The molecule has 1 aliphatic carbocycles. The van der Waals surface area contributed by atoms with Crippen LogP contribution in [0.4, 0.5) is 5.69 Å². The summed E-state index contributed by atoms with van der Waals surface area (Å²) in [6.45, 7) is 3.92. The highest BCUT2D eigenvalue weighted by atomic mass is 16.3. The third-order valence-electron chi connectivity index (χ3n) is 6.97. The van der Waals surface area contributed by atoms with Gasteiger partial charge in [0.1, 0.15) is 0 Å². The molecule has 3 aromatic rings. The summed E-state index contributed by atoms with van der Waals surface area (Å²) in [6, 6.07) is 21.1. The van der Waals surface area contributed by atoms with Gasteiger partial charge in [-0.05, 0) is 43.9 Å². The second-order valence-electron chi connectivity index (χ2n) is 9.96. The molecule has 1 fully saturated rings. The van der Waals surface area contributed by atoms with Crippen molar-refractivity contribution in [2.24, 2.45) is 5.11 Å². The van der Waals surface area contributed by atoms with E-state index < -0.39 is 11.8 Å². The van der Waals surface area contributed by atoms with Crippen molar-refractivity contribution < 1.29 is 14.7 Å². The van der Waals surface area contributed by atoms with Gasteiger partial charge in [0, 0.05) is 22.1 Å². The molecule has 8 nitrogen and oxygen atoms in total. The Hall–Kier alpha value is -4.55. The summed E-state index contributed by atoms with van der Waals surface area (Å²) in [6.07, 6.45) is 4.84. The summed E-state index contributed by atoms with van der Waals surface area (Å²) in [7, 11) is 0. The van der Waals surface area contributed by atoms with Crippen LogP contribution in [-0.2, 0) is 11.3 Å². The minimum Gasteiger partial charge on any atom is -0.505 e. The zero-order valence-electron chi connectivity index (χ0n) is 22.3. The van der Waals surface area contributed by atoms with Gasteiger partial charge in [0.05, 0.1) is 12.2 Å². The summed E-state index contributed by atoms with van der Waals surface area (Å²) in [5.74, 6) is -1.39. The molecular weight excluding hydrogens is 490 g/mol. The van der Waals surface area contributed by atoms with Crippen molar-refractivity contribution in [3.63, 3.8) is 0 Å². The zero-order valence-corrected chi connectivity index (χ0v) is 22.3. The molecule has 0 atom stereocenters. The Morgan fingerprint density at radius 2 is 1.56 bits per heavy atom. The van der Waals surface area contributed by atoms with Crippen molar-refractivity contribution in [3.05, 3.63) is 117 Å². The molecule has 0 heterocycles. The van der Waals surface area contributed by atoms with Crippen LogP contribution in [0.2, 0.25) is 0 Å². The molecule has 0 saturated heterocycles. The summed E-state index contributed by atoms with van der Waals surface area (Å²) in [5, 5.41) is 18.3. The first-order chi connectivity index (χ1) is 18.9. The highest BCUT2D eigenvalue weighted by Crippen LogP contribution is 2.28. The first-order valence-corrected chi connectivity index (χ1v) is 13.2. The molecule has 3 aromatic carbocycles. The number of nitrogens with one attached hydrogen (secondary N) is 1. The molecule has 1 aliphatic rings. The number of carbonyl (C=O) groups excluding carboxylic acids is 2. The van der Waals surface area contributed by atoms with Gasteiger partial charge in [0.2, 0.25) is 0 Å². The molecule has 39 heavy (non-hydrogen) atoms. The zero-order chi connectivity index (χ0) is 27.8. The first kappa shape index (κ1) is 27.5. The van der Waals surface area contributed by atoms with E-state index in [4.69, 9.17) is 5.53 Å². The molecule has 0 spiro atoms. The van der Waals surface area contributed by atoms with Crippen LogP contribution >= 0.6 is 0 Å². The Bertz CT molecular complexity index is 1400. The maximum Gasteiger partial charge on any atom is 0.272 e. The normalized spacial score (nSPS) is 14.1. The predicted molar refractivity (Wildman–Crippen MR) is 152 cm³/mol. The number of benzene rings is 3. The van der Waals surface area contributed by atoms with Crippen LogP contribution < -0.4 is 5.32 Å². The fraction of sp³-hybridized carbons (Fsp3) is 0.290. The molecule has 0 unspecified atom stereocenters. The lowest BCUT2D eigenvalue weighted by molar-refractivity contribution is -0.119. The Morgan fingerprint density at radius 3 is 2.21 bits per heavy atom. The van der Waals surface area contributed by atoms with Crippen LogP contribution in [0, 0.1) is 13.8 Å². The standard InChI is InChI=1S/C31H33N5O3/c1-21-12-16-23(17-13-21)20-36(31(39)26-10-6-7-11-27(26)34-35-32)28(29(37)24-18-14-22(2)15-19-24)30(38)33-25-8-4-3-5-9-25/h6-7,10-19,25,37H,3-5,8-9,20H2,1-2H3,(H,33,38)/b29-28+. The molecule has 0 aromatic heterocycles. The lowest BCUT2D eigenvalue weighted by Crippen LogP contribution is -2.43. The van der Waals surface area contributed by atoms with Crippen molar-refractivity contribution in [1.29, 1.82) is 0 Å². The fourth-order valence-corrected chi connectivity index (χ4v) is 4.77. The molecule has 8 heteroatoms. The van der Waals surface area contributed by atoms with E-state index in [0.29, 0.717) is 5.56 Å². The number of rotatable bonds is 8. The minimum atomic E-state index is -0.564. The predicted octanol–water partition coefficient (Wildman–Crippen LogP) is 7.26. The van der Waals surface area contributed by atoms with Crippen LogP contribution in [0.15, 0.2) is 83.6 Å². The Balaban J connectivity index is 1.87. The molecule has 2 amide bonds. The largest absolute Gasteiger partial charge is 0.505 e. The first-order valence-electron chi connectivity index (χ1n) is 13.2. The monoisotopic (exact) mass is 523 g/mol. The maximum absolute atomic E-state index is 14.2. The van der Waals surface area contributed by atoms with Crippen molar-refractivity contribution >= 4 is 23.3 Å². The van der Waals surface area contributed by atoms with E-state index in [-0.39, 0.29) is 35.3 Å². The molecule has 200 valence electrons. The van der Waals surface area contributed by atoms with E-state index in [0.717, 1.165) is 48.8 Å². The van der Waals surface area contributed by atoms with Gasteiger partial charge in [-0.15, -0.1) is 0 Å². The number of nitrogens with zero attached hydrogens (tertiary/aromatic N) is 4. The van der Waals surface area contributed by atoms with Crippen LogP contribution in [0.5, 0.6) is 0 Å².